The van der Waals surface area contributed by atoms with E-state index in [1.165, 1.54) is 58.2 Å². The van der Waals surface area contributed by atoms with Gasteiger partial charge in [0.05, 0.1) is 0 Å². The van der Waals surface area contributed by atoms with E-state index in [4.69, 9.17) is 0 Å². The predicted molar refractivity (Wildman–Crippen MR) is 67.5 cm³/mol. The molecule has 3 heterocycles. The summed E-state index contributed by atoms with van der Waals surface area (Å²) in [5.41, 5.74) is 0. The molecule has 2 heteroatoms. The molecule has 0 spiro atoms. The highest BCUT2D eigenvalue weighted by Gasteiger charge is 2.39. The number of likely N-dealkylation sites (tertiary alicyclic amines) is 1. The van der Waals surface area contributed by atoms with Crippen molar-refractivity contribution < 1.29 is 0 Å². The molecule has 2 bridgehead atoms. The smallest absolute Gasteiger partial charge is 0.0111 e. The van der Waals surface area contributed by atoms with E-state index in [-0.39, 0.29) is 0 Å². The standard InChI is InChI=1S/C14H26N2/c1-2-11-4-3-7-16(9-11)10-12-8-13-5-6-14(12)15-13/h11-15H,2-10H2,1H3. The van der Waals surface area contributed by atoms with Crippen LogP contribution in [0.2, 0.25) is 0 Å². The Kier molecular flexibility index (Phi) is 3.21. The Morgan fingerprint density at radius 3 is 2.88 bits per heavy atom. The molecular formula is C14H26N2. The fourth-order valence-electron chi connectivity index (χ4n) is 4.12. The van der Waals surface area contributed by atoms with Crippen LogP contribution in [0.3, 0.4) is 0 Å². The lowest BCUT2D eigenvalue weighted by Crippen LogP contribution is -2.41. The minimum atomic E-state index is 0.868. The Morgan fingerprint density at radius 1 is 1.25 bits per heavy atom. The van der Waals surface area contributed by atoms with Gasteiger partial charge in [-0.15, -0.1) is 0 Å². The highest BCUT2D eigenvalue weighted by Crippen LogP contribution is 2.34. The van der Waals surface area contributed by atoms with Gasteiger partial charge in [0.15, 0.2) is 0 Å². The molecule has 1 N–H and O–H groups in total. The van der Waals surface area contributed by atoms with Gasteiger partial charge in [-0.2, -0.15) is 0 Å². The molecule has 3 aliphatic heterocycles. The molecule has 0 aromatic carbocycles. The number of hydrogen-bond acceptors (Lipinski definition) is 2. The molecule has 0 saturated carbocycles. The maximum atomic E-state index is 3.77. The normalized spacial score (nSPS) is 44.1. The number of hydrogen-bond donors (Lipinski definition) is 1. The van der Waals surface area contributed by atoms with Crippen LogP contribution in [0, 0.1) is 11.8 Å². The molecule has 0 radical (unpaired) electrons. The first kappa shape index (κ1) is 11.0. The van der Waals surface area contributed by atoms with Crippen LogP contribution >= 0.6 is 0 Å². The first-order chi connectivity index (χ1) is 7.85. The number of rotatable bonds is 3. The average molecular weight is 222 g/mol. The molecule has 0 aliphatic carbocycles. The third-order valence-electron chi connectivity index (χ3n) is 5.11. The van der Waals surface area contributed by atoms with Crippen molar-refractivity contribution in [2.75, 3.05) is 19.6 Å². The van der Waals surface area contributed by atoms with E-state index in [0.29, 0.717) is 0 Å². The summed E-state index contributed by atoms with van der Waals surface area (Å²) in [6.45, 7) is 6.48. The van der Waals surface area contributed by atoms with Gasteiger partial charge in [-0.05, 0) is 50.5 Å². The van der Waals surface area contributed by atoms with Crippen molar-refractivity contribution in [3.05, 3.63) is 0 Å². The van der Waals surface area contributed by atoms with Crippen molar-refractivity contribution in [3.8, 4) is 0 Å². The molecule has 0 aromatic heterocycles. The largest absolute Gasteiger partial charge is 0.311 e. The van der Waals surface area contributed by atoms with Crippen molar-refractivity contribution in [2.45, 2.75) is 57.5 Å². The lowest BCUT2D eigenvalue weighted by molar-refractivity contribution is 0.140. The second-order valence-electron chi connectivity index (χ2n) is 6.22. The molecule has 4 atom stereocenters. The van der Waals surface area contributed by atoms with E-state index in [9.17, 15) is 0 Å². The van der Waals surface area contributed by atoms with Crippen molar-refractivity contribution in [1.82, 2.24) is 10.2 Å². The molecular weight excluding hydrogens is 196 g/mol. The average Bonchev–Trinajstić information content (AvgIpc) is 2.91. The van der Waals surface area contributed by atoms with Gasteiger partial charge in [0.1, 0.15) is 0 Å². The topological polar surface area (TPSA) is 15.3 Å². The predicted octanol–water partition coefficient (Wildman–Crippen LogP) is 2.25. The van der Waals surface area contributed by atoms with Gasteiger partial charge in [-0.1, -0.05) is 13.3 Å². The highest BCUT2D eigenvalue weighted by molar-refractivity contribution is 4.98. The molecule has 2 nitrogen and oxygen atoms in total. The highest BCUT2D eigenvalue weighted by atomic mass is 15.2. The number of piperidine rings is 1. The Morgan fingerprint density at radius 2 is 2.19 bits per heavy atom. The first-order valence-electron chi connectivity index (χ1n) is 7.33. The van der Waals surface area contributed by atoms with Crippen molar-refractivity contribution in [1.29, 1.82) is 0 Å². The molecule has 3 fully saturated rings. The maximum absolute atomic E-state index is 3.77. The van der Waals surface area contributed by atoms with Crippen LogP contribution in [0.25, 0.3) is 0 Å². The molecule has 0 aromatic rings. The Bertz CT molecular complexity index is 241. The van der Waals surface area contributed by atoms with Crippen LogP contribution in [0.15, 0.2) is 0 Å². The van der Waals surface area contributed by atoms with E-state index in [0.717, 1.165) is 23.9 Å². The first-order valence-corrected chi connectivity index (χ1v) is 7.33. The number of nitrogens with one attached hydrogen (secondary N) is 1. The van der Waals surface area contributed by atoms with Crippen LogP contribution in [0.5, 0.6) is 0 Å². The molecule has 16 heavy (non-hydrogen) atoms. The van der Waals surface area contributed by atoms with E-state index in [1.54, 1.807) is 0 Å². The summed E-state index contributed by atoms with van der Waals surface area (Å²) < 4.78 is 0. The number of nitrogens with zero attached hydrogens (tertiary/aromatic N) is 1. The quantitative estimate of drug-likeness (QED) is 0.788. The molecule has 4 unspecified atom stereocenters. The fraction of sp³-hybridized carbons (Fsp3) is 1.00. The second-order valence-corrected chi connectivity index (χ2v) is 6.22. The van der Waals surface area contributed by atoms with Crippen LogP contribution < -0.4 is 5.32 Å². The van der Waals surface area contributed by atoms with E-state index in [2.05, 4.69) is 17.1 Å². The summed E-state index contributed by atoms with van der Waals surface area (Å²) in [4.78, 5) is 2.75. The summed E-state index contributed by atoms with van der Waals surface area (Å²) in [6, 6.07) is 1.74. The fourth-order valence-corrected chi connectivity index (χ4v) is 4.12. The van der Waals surface area contributed by atoms with Crippen molar-refractivity contribution in [3.63, 3.8) is 0 Å². The third kappa shape index (κ3) is 2.14. The maximum Gasteiger partial charge on any atom is 0.0111 e. The zero-order valence-electron chi connectivity index (χ0n) is 10.6. The van der Waals surface area contributed by atoms with E-state index in [1.807, 2.05) is 0 Å². The lowest BCUT2D eigenvalue weighted by Gasteiger charge is -2.35. The molecule has 92 valence electrons. The van der Waals surface area contributed by atoms with Gasteiger partial charge in [0.2, 0.25) is 0 Å². The lowest BCUT2D eigenvalue weighted by atomic mass is 9.87. The zero-order chi connectivity index (χ0) is 11.0. The molecule has 3 rings (SSSR count). The molecule has 0 amide bonds. The third-order valence-corrected chi connectivity index (χ3v) is 5.11. The summed E-state index contributed by atoms with van der Waals surface area (Å²) in [5.74, 6) is 1.95. The van der Waals surface area contributed by atoms with Gasteiger partial charge in [-0.3, -0.25) is 0 Å². The Hall–Kier alpha value is -0.0800. The Balaban J connectivity index is 1.51. The van der Waals surface area contributed by atoms with E-state index >= 15 is 0 Å². The van der Waals surface area contributed by atoms with Gasteiger partial charge in [0, 0.05) is 25.2 Å². The van der Waals surface area contributed by atoms with Crippen LogP contribution in [-0.4, -0.2) is 36.6 Å². The van der Waals surface area contributed by atoms with Crippen molar-refractivity contribution in [2.24, 2.45) is 11.8 Å². The van der Waals surface area contributed by atoms with Crippen LogP contribution in [0.1, 0.15) is 45.4 Å². The summed E-state index contributed by atoms with van der Waals surface area (Å²) in [6.07, 6.45) is 8.64. The van der Waals surface area contributed by atoms with Crippen LogP contribution in [0.4, 0.5) is 0 Å². The van der Waals surface area contributed by atoms with Crippen molar-refractivity contribution >= 4 is 0 Å². The molecule has 3 saturated heterocycles. The monoisotopic (exact) mass is 222 g/mol. The summed E-state index contributed by atoms with van der Waals surface area (Å²) >= 11 is 0. The van der Waals surface area contributed by atoms with E-state index < -0.39 is 0 Å². The minimum Gasteiger partial charge on any atom is -0.311 e. The Labute approximate surface area is 99.8 Å². The number of fused-ring (bicyclic) bond motifs is 2. The minimum absolute atomic E-state index is 0.868. The van der Waals surface area contributed by atoms with Gasteiger partial charge < -0.3 is 10.2 Å². The molecule has 3 aliphatic rings. The summed E-state index contributed by atoms with van der Waals surface area (Å²) in [5, 5.41) is 3.77. The van der Waals surface area contributed by atoms with Gasteiger partial charge >= 0.3 is 0 Å². The van der Waals surface area contributed by atoms with Gasteiger partial charge in [-0.25, -0.2) is 0 Å². The van der Waals surface area contributed by atoms with Gasteiger partial charge in [0.25, 0.3) is 0 Å². The SMILES string of the molecule is CCC1CCCN(CC2CC3CCC2N3)C1. The zero-order valence-corrected chi connectivity index (χ0v) is 10.6. The summed E-state index contributed by atoms with van der Waals surface area (Å²) in [7, 11) is 0. The second kappa shape index (κ2) is 4.66. The van der Waals surface area contributed by atoms with Crippen LogP contribution in [-0.2, 0) is 0 Å².